The van der Waals surface area contributed by atoms with E-state index in [1.165, 1.54) is 13.3 Å². The normalized spacial score (nSPS) is 17.3. The molecule has 0 radical (unpaired) electrons. The molecule has 1 aliphatic rings. The van der Waals surface area contributed by atoms with Crippen LogP contribution in [-0.2, 0) is 9.59 Å². The number of ketones is 1. The number of nitrogens with zero attached hydrogens (tertiary/aromatic N) is 1. The molecule has 62 valence electrons. The highest BCUT2D eigenvalue weighted by molar-refractivity contribution is 6.35. The van der Waals surface area contributed by atoms with E-state index in [0.717, 1.165) is 12.8 Å². The number of rotatable bonds is 2. The molecule has 0 aliphatic heterocycles. The quantitative estimate of drug-likeness (QED) is 0.547. The molecule has 0 atom stereocenters. The molecule has 0 N–H and O–H groups in total. The van der Waals surface area contributed by atoms with Crippen molar-refractivity contribution in [1.29, 1.82) is 0 Å². The van der Waals surface area contributed by atoms with Gasteiger partial charge in [0.25, 0.3) is 5.91 Å². The molecule has 1 fully saturated rings. The Hall–Kier alpha value is -0.860. The van der Waals surface area contributed by atoms with Crippen molar-refractivity contribution in [3.63, 3.8) is 0 Å². The fourth-order valence-corrected chi connectivity index (χ4v) is 1.19. The molecule has 0 spiro atoms. The number of likely N-dealkylation sites (N-methyl/N-ethyl adjacent to an activating group) is 1. The van der Waals surface area contributed by atoms with Gasteiger partial charge in [0.1, 0.15) is 0 Å². The predicted molar refractivity (Wildman–Crippen MR) is 41.1 cm³/mol. The van der Waals surface area contributed by atoms with Gasteiger partial charge in [-0.15, -0.1) is 0 Å². The topological polar surface area (TPSA) is 37.4 Å². The van der Waals surface area contributed by atoms with Crippen molar-refractivity contribution in [1.82, 2.24) is 4.90 Å². The van der Waals surface area contributed by atoms with E-state index in [0.29, 0.717) is 6.04 Å². The minimum absolute atomic E-state index is 0.325. The van der Waals surface area contributed by atoms with Crippen LogP contribution in [0.4, 0.5) is 0 Å². The highest BCUT2D eigenvalue weighted by atomic mass is 16.2. The lowest BCUT2D eigenvalue weighted by Crippen LogP contribution is -2.43. The largest absolute Gasteiger partial charge is 0.336 e. The SMILES string of the molecule is CC(=O)C(=O)N(C)C1CCC1. The highest BCUT2D eigenvalue weighted by Crippen LogP contribution is 2.23. The van der Waals surface area contributed by atoms with E-state index in [1.54, 1.807) is 11.9 Å². The van der Waals surface area contributed by atoms with Crippen molar-refractivity contribution in [2.45, 2.75) is 32.2 Å². The Morgan fingerprint density at radius 3 is 2.18 bits per heavy atom. The summed E-state index contributed by atoms with van der Waals surface area (Å²) in [7, 11) is 1.70. The average molecular weight is 155 g/mol. The van der Waals surface area contributed by atoms with Crippen LogP contribution >= 0.6 is 0 Å². The van der Waals surface area contributed by atoms with Crippen LogP contribution in [0.3, 0.4) is 0 Å². The van der Waals surface area contributed by atoms with Gasteiger partial charge in [0.2, 0.25) is 5.78 Å². The molecule has 3 heteroatoms. The van der Waals surface area contributed by atoms with E-state index in [2.05, 4.69) is 0 Å². The summed E-state index contributed by atoms with van der Waals surface area (Å²) >= 11 is 0. The fourth-order valence-electron chi connectivity index (χ4n) is 1.19. The first kappa shape index (κ1) is 8.24. The Balaban J connectivity index is 2.45. The maximum absolute atomic E-state index is 11.1. The molecular weight excluding hydrogens is 142 g/mol. The molecule has 1 amide bonds. The van der Waals surface area contributed by atoms with Crippen LogP contribution < -0.4 is 0 Å². The molecule has 0 bridgehead atoms. The maximum atomic E-state index is 11.1. The van der Waals surface area contributed by atoms with Crippen LogP contribution in [0.2, 0.25) is 0 Å². The van der Waals surface area contributed by atoms with Gasteiger partial charge in [-0.25, -0.2) is 0 Å². The van der Waals surface area contributed by atoms with Crippen molar-refractivity contribution in [2.24, 2.45) is 0 Å². The molecule has 0 aromatic rings. The van der Waals surface area contributed by atoms with Gasteiger partial charge in [0.05, 0.1) is 0 Å². The van der Waals surface area contributed by atoms with E-state index >= 15 is 0 Å². The minimum atomic E-state index is -0.362. The van der Waals surface area contributed by atoms with Crippen molar-refractivity contribution in [2.75, 3.05) is 7.05 Å². The Labute approximate surface area is 66.4 Å². The van der Waals surface area contributed by atoms with Gasteiger partial charge in [-0.05, 0) is 19.3 Å². The Morgan fingerprint density at radius 1 is 1.36 bits per heavy atom. The lowest BCUT2D eigenvalue weighted by atomic mass is 9.92. The smallest absolute Gasteiger partial charge is 0.289 e. The number of amides is 1. The third-order valence-corrected chi connectivity index (χ3v) is 2.24. The number of carbonyl (C=O) groups is 2. The van der Waals surface area contributed by atoms with Crippen LogP contribution in [0.5, 0.6) is 0 Å². The second kappa shape index (κ2) is 3.03. The second-order valence-electron chi connectivity index (χ2n) is 3.06. The average Bonchev–Trinajstić information content (AvgIpc) is 1.82. The Bertz CT molecular complexity index is 185. The van der Waals surface area contributed by atoms with Gasteiger partial charge in [-0.3, -0.25) is 9.59 Å². The highest BCUT2D eigenvalue weighted by Gasteiger charge is 2.27. The maximum Gasteiger partial charge on any atom is 0.289 e. The Kier molecular flexibility index (Phi) is 2.27. The zero-order valence-corrected chi connectivity index (χ0v) is 6.96. The van der Waals surface area contributed by atoms with Crippen LogP contribution in [0, 0.1) is 0 Å². The summed E-state index contributed by atoms with van der Waals surface area (Å²) < 4.78 is 0. The molecular formula is C8H13NO2. The molecule has 0 unspecified atom stereocenters. The predicted octanol–water partition coefficient (Wildman–Crippen LogP) is 0.586. The molecule has 3 nitrogen and oxygen atoms in total. The van der Waals surface area contributed by atoms with Gasteiger partial charge in [-0.1, -0.05) is 0 Å². The molecule has 11 heavy (non-hydrogen) atoms. The first-order valence-corrected chi connectivity index (χ1v) is 3.90. The summed E-state index contributed by atoms with van der Waals surface area (Å²) in [5.41, 5.74) is 0. The van der Waals surface area contributed by atoms with Gasteiger partial charge in [0, 0.05) is 20.0 Å². The molecule has 1 rings (SSSR count). The number of hydrogen-bond acceptors (Lipinski definition) is 2. The molecule has 0 saturated heterocycles. The van der Waals surface area contributed by atoms with Gasteiger partial charge in [-0.2, -0.15) is 0 Å². The molecule has 1 saturated carbocycles. The number of hydrogen-bond donors (Lipinski definition) is 0. The number of carbonyl (C=O) groups excluding carboxylic acids is 2. The fraction of sp³-hybridized carbons (Fsp3) is 0.750. The van der Waals surface area contributed by atoms with Crippen LogP contribution in [0.15, 0.2) is 0 Å². The van der Waals surface area contributed by atoms with Crippen molar-refractivity contribution in [3.8, 4) is 0 Å². The van der Waals surface area contributed by atoms with Crippen molar-refractivity contribution >= 4 is 11.7 Å². The molecule has 1 aliphatic carbocycles. The molecule has 0 heterocycles. The monoisotopic (exact) mass is 155 g/mol. The number of Topliss-reactive ketones (excluding diaryl/α,β-unsaturated/α-hetero) is 1. The molecule has 0 aromatic carbocycles. The second-order valence-corrected chi connectivity index (χ2v) is 3.06. The van der Waals surface area contributed by atoms with Crippen molar-refractivity contribution in [3.05, 3.63) is 0 Å². The standard InChI is InChI=1S/C8H13NO2/c1-6(10)8(11)9(2)7-4-3-5-7/h7H,3-5H2,1-2H3. The molecule has 0 aromatic heterocycles. The summed E-state index contributed by atoms with van der Waals surface area (Å²) in [5, 5.41) is 0. The first-order valence-electron chi connectivity index (χ1n) is 3.90. The van der Waals surface area contributed by atoms with Crippen LogP contribution in [0.1, 0.15) is 26.2 Å². The summed E-state index contributed by atoms with van der Waals surface area (Å²) in [4.78, 5) is 23.3. The third-order valence-electron chi connectivity index (χ3n) is 2.24. The van der Waals surface area contributed by atoms with E-state index in [4.69, 9.17) is 0 Å². The summed E-state index contributed by atoms with van der Waals surface area (Å²) in [6.45, 7) is 1.32. The van der Waals surface area contributed by atoms with Gasteiger partial charge < -0.3 is 4.90 Å². The van der Waals surface area contributed by atoms with Crippen molar-refractivity contribution < 1.29 is 9.59 Å². The lowest BCUT2D eigenvalue weighted by Gasteiger charge is -2.33. The van der Waals surface area contributed by atoms with Gasteiger partial charge in [0.15, 0.2) is 0 Å². The lowest BCUT2D eigenvalue weighted by molar-refractivity contribution is -0.145. The van der Waals surface area contributed by atoms with E-state index < -0.39 is 0 Å². The van der Waals surface area contributed by atoms with E-state index in [-0.39, 0.29) is 11.7 Å². The summed E-state index contributed by atoms with van der Waals surface area (Å²) in [6, 6.07) is 0.325. The van der Waals surface area contributed by atoms with E-state index in [9.17, 15) is 9.59 Å². The first-order chi connectivity index (χ1) is 5.13. The summed E-state index contributed by atoms with van der Waals surface area (Å²) in [6.07, 6.45) is 3.28. The third kappa shape index (κ3) is 1.59. The minimum Gasteiger partial charge on any atom is -0.336 e. The van der Waals surface area contributed by atoms with Gasteiger partial charge >= 0.3 is 0 Å². The van der Waals surface area contributed by atoms with Crippen LogP contribution in [-0.4, -0.2) is 29.7 Å². The van der Waals surface area contributed by atoms with Crippen LogP contribution in [0.25, 0.3) is 0 Å². The summed E-state index contributed by atoms with van der Waals surface area (Å²) in [5.74, 6) is -0.714. The zero-order chi connectivity index (χ0) is 8.43. The Morgan fingerprint density at radius 2 is 1.91 bits per heavy atom. The zero-order valence-electron chi connectivity index (χ0n) is 6.96. The van der Waals surface area contributed by atoms with E-state index in [1.807, 2.05) is 0 Å².